The zero-order chi connectivity index (χ0) is 11.3. The number of primary amides is 1. The van der Waals surface area contributed by atoms with Gasteiger partial charge in [0.15, 0.2) is 0 Å². The number of benzene rings is 1. The van der Waals surface area contributed by atoms with Gasteiger partial charge >= 0.3 is 0 Å². The molecule has 74 valence electrons. The smallest absolute Gasteiger partial charge is 0.229 e. The van der Waals surface area contributed by atoms with E-state index < -0.39 is 5.91 Å². The third kappa shape index (κ3) is 3.34. The minimum atomic E-state index is -0.491. The zero-order valence-corrected chi connectivity index (χ0v) is 8.51. The average Bonchev–Trinajstić information content (AvgIpc) is 2.19. The maximum absolute atomic E-state index is 10.4. The van der Waals surface area contributed by atoms with Crippen molar-refractivity contribution in [2.75, 3.05) is 0 Å². The topological polar surface area (TPSA) is 66.9 Å². The van der Waals surface area contributed by atoms with E-state index in [9.17, 15) is 4.79 Å². The summed E-state index contributed by atoms with van der Waals surface area (Å²) in [5.74, 6) is 4.78. The summed E-state index contributed by atoms with van der Waals surface area (Å²) in [6.45, 7) is 0. The first-order valence-electron chi connectivity index (χ1n) is 4.10. The third-order valence-corrected chi connectivity index (χ3v) is 1.82. The van der Waals surface area contributed by atoms with Crippen molar-refractivity contribution in [3.8, 4) is 17.9 Å². The monoisotopic (exact) mass is 218 g/mol. The fourth-order valence-corrected chi connectivity index (χ4v) is 1.12. The van der Waals surface area contributed by atoms with Crippen LogP contribution in [-0.2, 0) is 4.79 Å². The Morgan fingerprint density at radius 3 is 2.80 bits per heavy atom. The highest BCUT2D eigenvalue weighted by molar-refractivity contribution is 6.30. The van der Waals surface area contributed by atoms with E-state index in [1.807, 2.05) is 6.07 Å². The third-order valence-electron chi connectivity index (χ3n) is 1.59. The first-order valence-corrected chi connectivity index (χ1v) is 4.48. The molecular formula is C11H7ClN2O. The molecule has 0 aliphatic heterocycles. The number of carbonyl (C=O) groups is 1. The number of carbonyl (C=O) groups excluding carboxylic acids is 1. The summed E-state index contributed by atoms with van der Waals surface area (Å²) < 4.78 is 0. The van der Waals surface area contributed by atoms with Crippen molar-refractivity contribution in [1.82, 2.24) is 0 Å². The molecule has 1 aromatic rings. The van der Waals surface area contributed by atoms with Crippen LogP contribution in [0.15, 0.2) is 18.2 Å². The molecule has 0 bridgehead atoms. The maximum atomic E-state index is 10.4. The Bertz CT molecular complexity index is 492. The van der Waals surface area contributed by atoms with Gasteiger partial charge in [0.05, 0.1) is 12.0 Å². The van der Waals surface area contributed by atoms with Crippen LogP contribution < -0.4 is 5.73 Å². The SMILES string of the molecule is N#Cc1cc(Cl)ccc1C#CCC(N)=O. The van der Waals surface area contributed by atoms with Crippen LogP contribution in [0.25, 0.3) is 0 Å². The quantitative estimate of drug-likeness (QED) is 0.725. The number of hydrogen-bond donors (Lipinski definition) is 1. The lowest BCUT2D eigenvalue weighted by Crippen LogP contribution is -2.08. The van der Waals surface area contributed by atoms with Gasteiger partial charge in [0.2, 0.25) is 5.91 Å². The highest BCUT2D eigenvalue weighted by Crippen LogP contribution is 2.14. The molecule has 0 fully saturated rings. The standard InChI is InChI=1S/C11H7ClN2O/c12-10-5-4-8(9(6-10)7-13)2-1-3-11(14)15/h4-6H,3H2,(H2,14,15). The lowest BCUT2D eigenvalue weighted by molar-refractivity contribution is -0.117. The second kappa shape index (κ2) is 5.05. The number of halogens is 1. The van der Waals surface area contributed by atoms with Crippen molar-refractivity contribution in [3.63, 3.8) is 0 Å². The first kappa shape index (κ1) is 11.1. The Kier molecular flexibility index (Phi) is 3.74. The molecule has 0 saturated heterocycles. The molecule has 0 unspecified atom stereocenters. The second-order valence-electron chi connectivity index (χ2n) is 2.75. The van der Waals surface area contributed by atoms with Gasteiger partial charge in [-0.2, -0.15) is 5.26 Å². The van der Waals surface area contributed by atoms with Gasteiger partial charge in [0.1, 0.15) is 6.07 Å². The van der Waals surface area contributed by atoms with Gasteiger partial charge in [-0.15, -0.1) is 0 Å². The molecule has 0 heterocycles. The summed E-state index contributed by atoms with van der Waals surface area (Å²) in [5, 5.41) is 9.26. The Morgan fingerprint density at radius 2 is 2.20 bits per heavy atom. The molecular weight excluding hydrogens is 212 g/mol. The Morgan fingerprint density at radius 1 is 1.47 bits per heavy atom. The van der Waals surface area contributed by atoms with Crippen LogP contribution in [0.2, 0.25) is 5.02 Å². The van der Waals surface area contributed by atoms with Gasteiger partial charge in [-0.25, -0.2) is 0 Å². The molecule has 0 aromatic heterocycles. The molecule has 0 saturated carbocycles. The fraction of sp³-hybridized carbons (Fsp3) is 0.0909. The van der Waals surface area contributed by atoms with Gasteiger partial charge < -0.3 is 5.73 Å². The van der Waals surface area contributed by atoms with Gasteiger partial charge in [-0.3, -0.25) is 4.79 Å². The number of nitrogens with two attached hydrogens (primary N) is 1. The van der Waals surface area contributed by atoms with Crippen LogP contribution in [0.4, 0.5) is 0 Å². The summed E-state index contributed by atoms with van der Waals surface area (Å²) in [6.07, 6.45) is -0.0203. The molecule has 1 aromatic carbocycles. The lowest BCUT2D eigenvalue weighted by atomic mass is 10.1. The Labute approximate surface area is 92.5 Å². The van der Waals surface area contributed by atoms with E-state index in [0.717, 1.165) is 0 Å². The van der Waals surface area contributed by atoms with Crippen LogP contribution in [0.1, 0.15) is 17.5 Å². The molecule has 1 amide bonds. The number of nitrogens with zero attached hydrogens (tertiary/aromatic N) is 1. The highest BCUT2D eigenvalue weighted by Gasteiger charge is 1.99. The molecule has 0 spiro atoms. The van der Waals surface area contributed by atoms with Gasteiger partial charge in [0.25, 0.3) is 0 Å². The Hall–Kier alpha value is -1.97. The molecule has 3 nitrogen and oxygen atoms in total. The van der Waals surface area contributed by atoms with Crippen molar-refractivity contribution in [2.24, 2.45) is 5.73 Å². The van der Waals surface area contributed by atoms with Crippen LogP contribution in [0.5, 0.6) is 0 Å². The normalized spacial score (nSPS) is 8.53. The number of nitriles is 1. The van der Waals surface area contributed by atoms with Crippen molar-refractivity contribution in [2.45, 2.75) is 6.42 Å². The molecule has 2 N–H and O–H groups in total. The van der Waals surface area contributed by atoms with Crippen molar-refractivity contribution >= 4 is 17.5 Å². The molecule has 0 aliphatic rings. The van der Waals surface area contributed by atoms with Crippen LogP contribution >= 0.6 is 11.6 Å². The number of amides is 1. The van der Waals surface area contributed by atoms with E-state index in [1.54, 1.807) is 12.1 Å². The molecule has 0 radical (unpaired) electrons. The average molecular weight is 219 g/mol. The fourth-order valence-electron chi connectivity index (χ4n) is 0.945. The van der Waals surface area contributed by atoms with E-state index in [4.69, 9.17) is 22.6 Å². The summed E-state index contributed by atoms with van der Waals surface area (Å²) in [5.41, 5.74) is 5.86. The number of hydrogen-bond acceptors (Lipinski definition) is 2. The lowest BCUT2D eigenvalue weighted by Gasteiger charge is -1.95. The summed E-state index contributed by atoms with van der Waals surface area (Å²) in [4.78, 5) is 10.4. The minimum Gasteiger partial charge on any atom is -0.369 e. The minimum absolute atomic E-state index is 0.0203. The highest BCUT2D eigenvalue weighted by atomic mass is 35.5. The number of rotatable bonds is 1. The second-order valence-corrected chi connectivity index (χ2v) is 3.18. The Balaban J connectivity index is 2.99. The van der Waals surface area contributed by atoms with Crippen LogP contribution in [0, 0.1) is 23.2 Å². The molecule has 4 heteroatoms. The predicted molar refractivity (Wildman–Crippen MR) is 56.9 cm³/mol. The van der Waals surface area contributed by atoms with Crippen molar-refractivity contribution in [1.29, 1.82) is 5.26 Å². The molecule has 15 heavy (non-hydrogen) atoms. The van der Waals surface area contributed by atoms with Crippen molar-refractivity contribution < 1.29 is 4.79 Å². The van der Waals surface area contributed by atoms with Crippen LogP contribution in [0.3, 0.4) is 0 Å². The van der Waals surface area contributed by atoms with E-state index in [-0.39, 0.29) is 6.42 Å². The summed E-state index contributed by atoms with van der Waals surface area (Å²) >= 11 is 5.71. The molecule has 0 aliphatic carbocycles. The maximum Gasteiger partial charge on any atom is 0.229 e. The summed E-state index contributed by atoms with van der Waals surface area (Å²) in [6, 6.07) is 6.76. The first-order chi connectivity index (χ1) is 7.13. The van der Waals surface area contributed by atoms with Gasteiger partial charge in [-0.1, -0.05) is 23.4 Å². The van der Waals surface area contributed by atoms with E-state index in [0.29, 0.717) is 16.1 Å². The van der Waals surface area contributed by atoms with Gasteiger partial charge in [0, 0.05) is 10.6 Å². The largest absolute Gasteiger partial charge is 0.369 e. The molecule has 0 atom stereocenters. The van der Waals surface area contributed by atoms with E-state index in [2.05, 4.69) is 11.8 Å². The zero-order valence-electron chi connectivity index (χ0n) is 7.75. The van der Waals surface area contributed by atoms with E-state index >= 15 is 0 Å². The van der Waals surface area contributed by atoms with Crippen molar-refractivity contribution in [3.05, 3.63) is 34.3 Å². The van der Waals surface area contributed by atoms with E-state index in [1.165, 1.54) is 6.07 Å². The summed E-state index contributed by atoms with van der Waals surface area (Å²) in [7, 11) is 0. The van der Waals surface area contributed by atoms with Gasteiger partial charge in [-0.05, 0) is 18.2 Å². The predicted octanol–water partition coefficient (Wildman–Crippen LogP) is 1.44. The molecule has 1 rings (SSSR count). The van der Waals surface area contributed by atoms with Crippen LogP contribution in [-0.4, -0.2) is 5.91 Å².